The van der Waals surface area contributed by atoms with Crippen molar-refractivity contribution in [1.82, 2.24) is 0 Å². The number of carbonyl (C=O) groups is 1. The van der Waals surface area contributed by atoms with Crippen molar-refractivity contribution in [1.29, 1.82) is 0 Å². The van der Waals surface area contributed by atoms with Gasteiger partial charge in [0.1, 0.15) is 5.75 Å². The molecule has 3 aromatic rings. The lowest BCUT2D eigenvalue weighted by atomic mass is 10.1. The van der Waals surface area contributed by atoms with Gasteiger partial charge >= 0.3 is 5.97 Å². The van der Waals surface area contributed by atoms with Crippen molar-refractivity contribution in [3.05, 3.63) is 60.2 Å². The molecule has 4 N–H and O–H groups in total. The molecule has 3 rings (SSSR count). The van der Waals surface area contributed by atoms with Crippen LogP contribution in [-0.4, -0.2) is 29.2 Å². The van der Waals surface area contributed by atoms with Crippen LogP contribution in [0.1, 0.15) is 10.4 Å². The van der Waals surface area contributed by atoms with E-state index >= 15 is 0 Å². The van der Waals surface area contributed by atoms with Gasteiger partial charge in [-0.2, -0.15) is 8.42 Å². The Morgan fingerprint density at radius 3 is 2.16 bits per heavy atom. The third-order valence-electron chi connectivity index (χ3n) is 3.62. The topological polar surface area (TPSA) is 124 Å². The van der Waals surface area contributed by atoms with Crippen molar-refractivity contribution >= 4 is 38.2 Å². The third-order valence-corrected chi connectivity index (χ3v) is 4.46. The molecule has 8 heteroatoms. The lowest BCUT2D eigenvalue weighted by molar-refractivity contribution is 0.0697. The maximum absolute atomic E-state index is 11.2. The minimum absolute atomic E-state index is 0.166. The van der Waals surface area contributed by atoms with E-state index in [1.165, 1.54) is 18.2 Å². The number of hydrogen-bond acceptors (Lipinski definition) is 5. The molecule has 0 amide bonds. The zero-order valence-corrected chi connectivity index (χ0v) is 13.5. The molecular weight excluding hydrogens is 346 g/mol. The SMILES string of the molecule is O=C(O)c1ccc(Nc2ccc3cc(S(=O)(=O)O)cc(O)c3c2)cc1. The molecule has 0 saturated heterocycles. The van der Waals surface area contributed by atoms with Gasteiger partial charge in [-0.05, 0) is 47.9 Å². The Kier molecular flexibility index (Phi) is 4.07. The van der Waals surface area contributed by atoms with Crippen LogP contribution in [0.4, 0.5) is 11.4 Å². The number of nitrogens with one attached hydrogen (secondary N) is 1. The fourth-order valence-electron chi connectivity index (χ4n) is 2.40. The van der Waals surface area contributed by atoms with Gasteiger partial charge in [0.2, 0.25) is 0 Å². The number of anilines is 2. The molecule has 25 heavy (non-hydrogen) atoms. The lowest BCUT2D eigenvalue weighted by Gasteiger charge is -2.10. The van der Waals surface area contributed by atoms with E-state index in [0.29, 0.717) is 22.1 Å². The summed E-state index contributed by atoms with van der Waals surface area (Å²) >= 11 is 0. The average molecular weight is 359 g/mol. The predicted molar refractivity (Wildman–Crippen MR) is 92.1 cm³/mol. The highest BCUT2D eigenvalue weighted by Crippen LogP contribution is 2.31. The molecule has 0 aliphatic rings. The van der Waals surface area contributed by atoms with E-state index in [1.54, 1.807) is 30.3 Å². The fraction of sp³-hybridized carbons (Fsp3) is 0. The molecule has 0 aliphatic heterocycles. The molecule has 0 bridgehead atoms. The van der Waals surface area contributed by atoms with Gasteiger partial charge in [0, 0.05) is 22.8 Å². The zero-order valence-electron chi connectivity index (χ0n) is 12.7. The molecule has 0 saturated carbocycles. The molecule has 0 radical (unpaired) electrons. The number of benzene rings is 3. The minimum atomic E-state index is -4.41. The zero-order chi connectivity index (χ0) is 18.2. The molecule has 0 atom stereocenters. The van der Waals surface area contributed by atoms with Crippen LogP contribution in [0.25, 0.3) is 10.8 Å². The number of carboxylic acids is 1. The first kappa shape index (κ1) is 16.7. The van der Waals surface area contributed by atoms with E-state index < -0.39 is 16.1 Å². The Morgan fingerprint density at radius 1 is 0.920 bits per heavy atom. The van der Waals surface area contributed by atoms with Crippen LogP contribution in [0.2, 0.25) is 0 Å². The third kappa shape index (κ3) is 3.54. The van der Waals surface area contributed by atoms with Gasteiger partial charge in [0.15, 0.2) is 0 Å². The van der Waals surface area contributed by atoms with E-state index in [2.05, 4.69) is 5.32 Å². The highest BCUT2D eigenvalue weighted by Gasteiger charge is 2.13. The molecule has 7 nitrogen and oxygen atoms in total. The van der Waals surface area contributed by atoms with Gasteiger partial charge in [-0.3, -0.25) is 4.55 Å². The summed E-state index contributed by atoms with van der Waals surface area (Å²) in [6, 6.07) is 13.2. The van der Waals surface area contributed by atoms with Crippen molar-refractivity contribution in [2.75, 3.05) is 5.32 Å². The van der Waals surface area contributed by atoms with Crippen LogP contribution in [0.3, 0.4) is 0 Å². The quantitative estimate of drug-likeness (QED) is 0.527. The Labute approximate surface area is 142 Å². The van der Waals surface area contributed by atoms with E-state index in [9.17, 15) is 18.3 Å². The van der Waals surface area contributed by atoms with Gasteiger partial charge in [0.05, 0.1) is 10.5 Å². The summed E-state index contributed by atoms with van der Waals surface area (Å²) in [4.78, 5) is 10.5. The van der Waals surface area contributed by atoms with Crippen molar-refractivity contribution in [2.45, 2.75) is 4.90 Å². The predicted octanol–water partition coefficient (Wildman–Crippen LogP) is 3.23. The van der Waals surface area contributed by atoms with E-state index in [4.69, 9.17) is 9.66 Å². The Bertz CT molecular complexity index is 1070. The van der Waals surface area contributed by atoms with Crippen molar-refractivity contribution in [3.63, 3.8) is 0 Å². The molecular formula is C17H13NO6S. The standard InChI is InChI=1S/C17H13NO6S/c19-16-9-14(25(22,23)24)7-11-3-6-13(8-15(11)16)18-12-4-1-10(2-5-12)17(20)21/h1-9,18-19H,(H,20,21)(H,22,23,24). The maximum Gasteiger partial charge on any atom is 0.335 e. The monoisotopic (exact) mass is 359 g/mol. The fourth-order valence-corrected chi connectivity index (χ4v) is 2.94. The highest BCUT2D eigenvalue weighted by molar-refractivity contribution is 7.85. The van der Waals surface area contributed by atoms with Crippen molar-refractivity contribution < 1.29 is 28.0 Å². The van der Waals surface area contributed by atoms with Crippen LogP contribution in [0, 0.1) is 0 Å². The first-order valence-corrected chi connectivity index (χ1v) is 8.53. The van der Waals surface area contributed by atoms with E-state index in [-0.39, 0.29) is 16.2 Å². The molecule has 0 spiro atoms. The average Bonchev–Trinajstić information content (AvgIpc) is 2.55. The molecule has 0 aromatic heterocycles. The van der Waals surface area contributed by atoms with Gasteiger partial charge in [0.25, 0.3) is 10.1 Å². The molecule has 0 fully saturated rings. The van der Waals surface area contributed by atoms with Crippen LogP contribution >= 0.6 is 0 Å². The summed E-state index contributed by atoms with van der Waals surface area (Å²) in [7, 11) is -4.41. The molecule has 0 unspecified atom stereocenters. The summed E-state index contributed by atoms with van der Waals surface area (Å²) in [5, 5.41) is 22.8. The Morgan fingerprint density at radius 2 is 1.56 bits per heavy atom. The van der Waals surface area contributed by atoms with Crippen LogP contribution < -0.4 is 5.32 Å². The number of aromatic carboxylic acids is 1. The summed E-state index contributed by atoms with van der Waals surface area (Å²) in [5.74, 6) is -1.30. The second-order valence-electron chi connectivity index (χ2n) is 5.36. The van der Waals surface area contributed by atoms with Crippen molar-refractivity contribution in [2.24, 2.45) is 0 Å². The number of fused-ring (bicyclic) bond motifs is 1. The number of aromatic hydroxyl groups is 1. The number of carboxylic acid groups (broad SMARTS) is 1. The van der Waals surface area contributed by atoms with Crippen LogP contribution in [0.15, 0.2) is 59.5 Å². The van der Waals surface area contributed by atoms with Gasteiger partial charge in [-0.25, -0.2) is 4.79 Å². The molecule has 0 aliphatic carbocycles. The van der Waals surface area contributed by atoms with Gasteiger partial charge < -0.3 is 15.5 Å². The normalized spacial score (nSPS) is 11.4. The highest BCUT2D eigenvalue weighted by atomic mass is 32.2. The minimum Gasteiger partial charge on any atom is -0.507 e. The lowest BCUT2D eigenvalue weighted by Crippen LogP contribution is -1.98. The smallest absolute Gasteiger partial charge is 0.335 e. The first-order valence-electron chi connectivity index (χ1n) is 7.09. The van der Waals surface area contributed by atoms with Gasteiger partial charge in [-0.15, -0.1) is 0 Å². The van der Waals surface area contributed by atoms with Crippen LogP contribution in [0.5, 0.6) is 5.75 Å². The van der Waals surface area contributed by atoms with E-state index in [0.717, 1.165) is 6.07 Å². The summed E-state index contributed by atoms with van der Waals surface area (Å²) < 4.78 is 31.5. The van der Waals surface area contributed by atoms with Crippen LogP contribution in [-0.2, 0) is 10.1 Å². The first-order chi connectivity index (χ1) is 11.7. The number of phenolic OH excluding ortho intramolecular Hbond substituents is 1. The summed E-state index contributed by atoms with van der Waals surface area (Å²) in [5.41, 5.74) is 1.43. The second-order valence-corrected chi connectivity index (χ2v) is 6.78. The number of rotatable bonds is 4. The summed E-state index contributed by atoms with van der Waals surface area (Å²) in [6.45, 7) is 0. The second kappa shape index (κ2) is 6.08. The molecule has 128 valence electrons. The van der Waals surface area contributed by atoms with E-state index in [1.807, 2.05) is 0 Å². The maximum atomic E-state index is 11.2. The Hall–Kier alpha value is -3.10. The number of hydrogen-bond donors (Lipinski definition) is 4. The van der Waals surface area contributed by atoms with Crippen molar-refractivity contribution in [3.8, 4) is 5.75 Å². The number of phenols is 1. The molecule has 3 aromatic carbocycles. The Balaban J connectivity index is 1.96. The largest absolute Gasteiger partial charge is 0.507 e. The molecule has 0 heterocycles. The summed E-state index contributed by atoms with van der Waals surface area (Å²) in [6.07, 6.45) is 0. The van der Waals surface area contributed by atoms with Gasteiger partial charge in [-0.1, -0.05) is 6.07 Å².